The van der Waals surface area contributed by atoms with Crippen LogP contribution in [0.5, 0.6) is 0 Å². The number of nitrogens with zero attached hydrogens (tertiary/aromatic N) is 1. The van der Waals surface area contributed by atoms with Crippen LogP contribution >= 0.6 is 11.6 Å². The third-order valence-corrected chi connectivity index (χ3v) is 3.01. The van der Waals surface area contributed by atoms with Gasteiger partial charge in [0.25, 0.3) is 0 Å². The van der Waals surface area contributed by atoms with Crippen molar-refractivity contribution in [3.8, 4) is 0 Å². The van der Waals surface area contributed by atoms with Crippen LogP contribution in [0.25, 0.3) is 0 Å². The van der Waals surface area contributed by atoms with Gasteiger partial charge in [-0.2, -0.15) is 0 Å². The molecule has 1 heterocycles. The van der Waals surface area contributed by atoms with Crippen LogP contribution in [-0.2, 0) is 12.8 Å². The van der Waals surface area contributed by atoms with Crippen molar-refractivity contribution in [2.45, 2.75) is 39.5 Å². The Labute approximate surface area is 104 Å². The average Bonchev–Trinajstić information content (AvgIpc) is 2.31. The largest absolute Gasteiger partial charge is 0.352 e. The van der Waals surface area contributed by atoms with Crippen LogP contribution in [0.3, 0.4) is 0 Å². The molecule has 2 rings (SSSR count). The lowest BCUT2D eigenvalue weighted by atomic mass is 9.96. The van der Waals surface area contributed by atoms with Crippen molar-refractivity contribution in [2.75, 3.05) is 0 Å². The van der Waals surface area contributed by atoms with E-state index in [1.54, 1.807) is 0 Å². The Morgan fingerprint density at radius 2 is 1.88 bits per heavy atom. The second kappa shape index (κ2) is 5.82. The molecule has 17 heavy (non-hydrogen) atoms. The SMILES string of the molecule is CC.O=c1[nH]c2c(c(Cl)c1[N+](=O)[O-])CCCC2. The zero-order chi connectivity index (χ0) is 13.0. The molecule has 1 aliphatic carbocycles. The Kier molecular flexibility index (Phi) is 4.69. The van der Waals surface area contributed by atoms with Gasteiger partial charge >= 0.3 is 11.2 Å². The quantitative estimate of drug-likeness (QED) is 0.622. The van der Waals surface area contributed by atoms with Crippen LogP contribution < -0.4 is 5.56 Å². The lowest BCUT2D eigenvalue weighted by Gasteiger charge is -2.15. The first-order valence-electron chi connectivity index (χ1n) is 5.69. The highest BCUT2D eigenvalue weighted by atomic mass is 35.5. The minimum Gasteiger partial charge on any atom is -0.320 e. The molecule has 0 aromatic carbocycles. The van der Waals surface area contributed by atoms with Crippen LogP contribution in [0.15, 0.2) is 4.79 Å². The highest BCUT2D eigenvalue weighted by Crippen LogP contribution is 2.30. The molecule has 0 bridgehead atoms. The van der Waals surface area contributed by atoms with E-state index >= 15 is 0 Å². The summed E-state index contributed by atoms with van der Waals surface area (Å²) in [6.45, 7) is 4.00. The lowest BCUT2D eigenvalue weighted by molar-refractivity contribution is -0.386. The summed E-state index contributed by atoms with van der Waals surface area (Å²) >= 11 is 5.87. The molecule has 0 radical (unpaired) electrons. The number of pyridine rings is 1. The van der Waals surface area contributed by atoms with Gasteiger partial charge in [-0.05, 0) is 31.2 Å². The van der Waals surface area contributed by atoms with Crippen molar-refractivity contribution < 1.29 is 4.92 Å². The number of nitrogens with one attached hydrogen (secondary N) is 1. The van der Waals surface area contributed by atoms with E-state index < -0.39 is 16.2 Å². The van der Waals surface area contributed by atoms with Crippen molar-refractivity contribution >= 4 is 17.3 Å². The van der Waals surface area contributed by atoms with Gasteiger partial charge in [-0.1, -0.05) is 25.4 Å². The highest BCUT2D eigenvalue weighted by molar-refractivity contribution is 6.33. The Hall–Kier alpha value is -1.36. The van der Waals surface area contributed by atoms with Gasteiger partial charge in [-0.15, -0.1) is 0 Å². The van der Waals surface area contributed by atoms with E-state index in [-0.39, 0.29) is 5.02 Å². The molecule has 0 aliphatic heterocycles. The van der Waals surface area contributed by atoms with E-state index in [4.69, 9.17) is 11.6 Å². The van der Waals surface area contributed by atoms with E-state index in [0.717, 1.165) is 30.5 Å². The first-order valence-corrected chi connectivity index (χ1v) is 6.07. The zero-order valence-electron chi connectivity index (χ0n) is 9.88. The number of nitro groups is 1. The molecule has 0 saturated carbocycles. The molecule has 1 N–H and O–H groups in total. The van der Waals surface area contributed by atoms with Gasteiger partial charge in [-0.25, -0.2) is 0 Å². The Balaban J connectivity index is 0.000000686. The first kappa shape index (κ1) is 13.7. The van der Waals surface area contributed by atoms with Gasteiger partial charge in [0.05, 0.1) is 4.92 Å². The summed E-state index contributed by atoms with van der Waals surface area (Å²) < 4.78 is 0. The maximum Gasteiger partial charge on any atom is 0.352 e. The fraction of sp³-hybridized carbons (Fsp3) is 0.545. The predicted octanol–water partition coefficient (Wildman–Crippen LogP) is 2.84. The van der Waals surface area contributed by atoms with E-state index in [9.17, 15) is 14.9 Å². The van der Waals surface area contributed by atoms with Gasteiger partial charge in [-0.3, -0.25) is 14.9 Å². The number of hydrogen-bond donors (Lipinski definition) is 1. The van der Waals surface area contributed by atoms with E-state index in [1.165, 1.54) is 0 Å². The molecule has 5 nitrogen and oxygen atoms in total. The fourth-order valence-corrected chi connectivity index (χ4v) is 2.25. The normalized spacial score (nSPS) is 13.4. The maximum atomic E-state index is 11.4. The van der Waals surface area contributed by atoms with Crippen LogP contribution in [0.1, 0.15) is 37.9 Å². The molecule has 0 spiro atoms. The smallest absolute Gasteiger partial charge is 0.320 e. The standard InChI is InChI=1S/C9H9ClN2O3.C2H6/c10-7-5-3-1-2-4-6(5)11-9(13)8(7)12(14)15;1-2/h1-4H2,(H,11,13);1-2H3. The average molecular weight is 259 g/mol. The number of aromatic amines is 1. The number of H-pyrrole nitrogens is 1. The van der Waals surface area contributed by atoms with Crippen LogP contribution in [-0.4, -0.2) is 9.91 Å². The topological polar surface area (TPSA) is 76.0 Å². The molecule has 94 valence electrons. The van der Waals surface area contributed by atoms with E-state index in [2.05, 4.69) is 4.98 Å². The van der Waals surface area contributed by atoms with Crippen LogP contribution in [0, 0.1) is 10.1 Å². The van der Waals surface area contributed by atoms with Crippen molar-refractivity contribution in [3.05, 3.63) is 36.7 Å². The molecule has 1 aromatic rings. The maximum absolute atomic E-state index is 11.4. The second-order valence-electron chi connectivity index (χ2n) is 3.54. The number of hydrogen-bond acceptors (Lipinski definition) is 3. The van der Waals surface area contributed by atoms with Gasteiger partial charge in [0, 0.05) is 5.69 Å². The minimum atomic E-state index is -0.726. The third kappa shape index (κ3) is 2.66. The molecule has 0 fully saturated rings. The van der Waals surface area contributed by atoms with Crippen molar-refractivity contribution in [1.29, 1.82) is 0 Å². The van der Waals surface area contributed by atoms with E-state index in [0.29, 0.717) is 6.42 Å². The van der Waals surface area contributed by atoms with Crippen LogP contribution in [0.2, 0.25) is 5.02 Å². The summed E-state index contributed by atoms with van der Waals surface area (Å²) in [5.41, 5.74) is 0.249. The molecular formula is C11H15ClN2O3. The summed E-state index contributed by atoms with van der Waals surface area (Å²) in [7, 11) is 0. The molecule has 1 aromatic heterocycles. The molecular weight excluding hydrogens is 244 g/mol. The molecule has 0 atom stereocenters. The number of aromatic nitrogens is 1. The molecule has 0 unspecified atom stereocenters. The molecule has 6 heteroatoms. The Bertz CT molecular complexity index is 482. The number of aryl methyl sites for hydroxylation is 1. The lowest BCUT2D eigenvalue weighted by Crippen LogP contribution is -2.19. The number of fused-ring (bicyclic) bond motifs is 1. The zero-order valence-corrected chi connectivity index (χ0v) is 10.6. The van der Waals surface area contributed by atoms with Gasteiger partial charge in [0.2, 0.25) is 0 Å². The molecule has 0 amide bonds. The van der Waals surface area contributed by atoms with Crippen molar-refractivity contribution in [1.82, 2.24) is 4.98 Å². The highest BCUT2D eigenvalue weighted by Gasteiger charge is 2.25. The summed E-state index contributed by atoms with van der Waals surface area (Å²) in [5.74, 6) is 0. The van der Waals surface area contributed by atoms with Crippen molar-refractivity contribution in [2.24, 2.45) is 0 Å². The summed E-state index contributed by atoms with van der Waals surface area (Å²) in [6.07, 6.45) is 3.38. The molecule has 0 saturated heterocycles. The first-order chi connectivity index (χ1) is 8.11. The summed E-state index contributed by atoms with van der Waals surface area (Å²) in [4.78, 5) is 23.8. The number of halogens is 1. The molecule has 1 aliphatic rings. The summed E-state index contributed by atoms with van der Waals surface area (Å²) in [5, 5.41) is 10.6. The minimum absolute atomic E-state index is 0.0125. The number of rotatable bonds is 1. The predicted molar refractivity (Wildman–Crippen MR) is 66.7 cm³/mol. The van der Waals surface area contributed by atoms with E-state index in [1.807, 2.05) is 13.8 Å². The van der Waals surface area contributed by atoms with Gasteiger partial charge in [0.15, 0.2) is 0 Å². The second-order valence-corrected chi connectivity index (χ2v) is 3.92. The fourth-order valence-electron chi connectivity index (χ4n) is 1.89. The monoisotopic (exact) mass is 258 g/mol. The Morgan fingerprint density at radius 3 is 2.47 bits per heavy atom. The third-order valence-electron chi connectivity index (χ3n) is 2.60. The Morgan fingerprint density at radius 1 is 1.29 bits per heavy atom. The summed E-state index contributed by atoms with van der Waals surface area (Å²) in [6, 6.07) is 0. The van der Waals surface area contributed by atoms with Gasteiger partial charge < -0.3 is 4.98 Å². The van der Waals surface area contributed by atoms with Crippen LogP contribution in [0.4, 0.5) is 5.69 Å². The van der Waals surface area contributed by atoms with Gasteiger partial charge in [0.1, 0.15) is 5.02 Å². The van der Waals surface area contributed by atoms with Crippen molar-refractivity contribution in [3.63, 3.8) is 0 Å².